The number of ether oxygens (including phenoxy) is 1. The summed E-state index contributed by atoms with van der Waals surface area (Å²) in [4.78, 5) is 0.253. The molecule has 1 aromatic carbocycles. The van der Waals surface area contributed by atoms with Crippen LogP contribution in [0.4, 0.5) is 0 Å². The van der Waals surface area contributed by atoms with Crippen LogP contribution in [0.25, 0.3) is 0 Å². The van der Waals surface area contributed by atoms with Crippen molar-refractivity contribution in [3.63, 3.8) is 0 Å². The quantitative estimate of drug-likeness (QED) is 0.816. The molecule has 6 heteroatoms. The first kappa shape index (κ1) is 14.5. The standard InChI is InChI=1S/C13H20N2O3S/c1-18-13(7-4-8-13)10-15-19(16,17)12-6-3-2-5-11(12)9-14/h2-3,5-6,15H,4,7-10,14H2,1H3. The molecule has 0 heterocycles. The second-order valence-electron chi connectivity index (χ2n) is 4.88. The Balaban J connectivity index is 2.14. The van der Waals surface area contributed by atoms with Crippen LogP contribution in [0.15, 0.2) is 29.2 Å². The molecule has 1 aromatic rings. The third-order valence-corrected chi connectivity index (χ3v) is 5.27. The van der Waals surface area contributed by atoms with E-state index in [0.29, 0.717) is 12.1 Å². The van der Waals surface area contributed by atoms with Crippen LogP contribution >= 0.6 is 0 Å². The van der Waals surface area contributed by atoms with Crippen LogP contribution in [0.1, 0.15) is 24.8 Å². The van der Waals surface area contributed by atoms with Crippen molar-refractivity contribution in [1.82, 2.24) is 4.72 Å². The number of hydrogen-bond donors (Lipinski definition) is 2. The summed E-state index contributed by atoms with van der Waals surface area (Å²) in [6.45, 7) is 0.511. The normalized spacial score (nSPS) is 18.0. The van der Waals surface area contributed by atoms with E-state index in [1.807, 2.05) is 0 Å². The van der Waals surface area contributed by atoms with Crippen molar-refractivity contribution >= 4 is 10.0 Å². The smallest absolute Gasteiger partial charge is 0.240 e. The molecule has 0 radical (unpaired) electrons. The van der Waals surface area contributed by atoms with Crippen LogP contribution in [-0.4, -0.2) is 27.7 Å². The lowest BCUT2D eigenvalue weighted by Gasteiger charge is -2.40. The predicted octanol–water partition coefficient (Wildman–Crippen LogP) is 0.993. The summed E-state index contributed by atoms with van der Waals surface area (Å²) in [5.74, 6) is 0. The lowest BCUT2D eigenvalue weighted by atomic mass is 9.80. The van der Waals surface area contributed by atoms with Gasteiger partial charge in [0.05, 0.1) is 10.5 Å². The fourth-order valence-corrected chi connectivity index (χ4v) is 3.63. The average molecular weight is 284 g/mol. The molecule has 0 aliphatic heterocycles. The Hall–Kier alpha value is -0.950. The molecule has 5 nitrogen and oxygen atoms in total. The number of nitrogens with one attached hydrogen (secondary N) is 1. The summed E-state index contributed by atoms with van der Waals surface area (Å²) < 4.78 is 32.6. The molecule has 3 N–H and O–H groups in total. The van der Waals surface area contributed by atoms with E-state index in [4.69, 9.17) is 10.5 Å². The molecule has 1 fully saturated rings. The van der Waals surface area contributed by atoms with Crippen molar-refractivity contribution in [2.24, 2.45) is 5.73 Å². The highest BCUT2D eigenvalue weighted by Crippen LogP contribution is 2.34. The van der Waals surface area contributed by atoms with E-state index in [-0.39, 0.29) is 17.0 Å². The van der Waals surface area contributed by atoms with E-state index in [9.17, 15) is 8.42 Å². The molecule has 0 atom stereocenters. The van der Waals surface area contributed by atoms with Gasteiger partial charge >= 0.3 is 0 Å². The highest BCUT2D eigenvalue weighted by Gasteiger charge is 2.38. The maximum Gasteiger partial charge on any atom is 0.240 e. The largest absolute Gasteiger partial charge is 0.377 e. The highest BCUT2D eigenvalue weighted by atomic mass is 32.2. The van der Waals surface area contributed by atoms with Crippen LogP contribution in [-0.2, 0) is 21.3 Å². The molecule has 1 saturated carbocycles. The minimum atomic E-state index is -3.53. The van der Waals surface area contributed by atoms with Crippen molar-refractivity contribution in [3.05, 3.63) is 29.8 Å². The molecule has 0 unspecified atom stereocenters. The SMILES string of the molecule is COC1(CNS(=O)(=O)c2ccccc2CN)CCC1. The highest BCUT2D eigenvalue weighted by molar-refractivity contribution is 7.89. The van der Waals surface area contributed by atoms with Crippen LogP contribution in [0.3, 0.4) is 0 Å². The summed E-state index contributed by atoms with van der Waals surface area (Å²) in [7, 11) is -1.91. The molecular weight excluding hydrogens is 264 g/mol. The topological polar surface area (TPSA) is 81.4 Å². The lowest BCUT2D eigenvalue weighted by Crippen LogP contribution is -2.49. The van der Waals surface area contributed by atoms with E-state index in [1.54, 1.807) is 31.4 Å². The molecule has 0 bridgehead atoms. The van der Waals surface area contributed by atoms with E-state index < -0.39 is 10.0 Å². The Morgan fingerprint density at radius 3 is 2.58 bits per heavy atom. The summed E-state index contributed by atoms with van der Waals surface area (Å²) >= 11 is 0. The number of methoxy groups -OCH3 is 1. The third kappa shape index (κ3) is 2.97. The zero-order valence-corrected chi connectivity index (χ0v) is 11.9. The van der Waals surface area contributed by atoms with Crippen molar-refractivity contribution in [1.29, 1.82) is 0 Å². The number of benzene rings is 1. The summed E-state index contributed by atoms with van der Waals surface area (Å²) in [6.07, 6.45) is 2.87. The van der Waals surface area contributed by atoms with Gasteiger partial charge in [-0.3, -0.25) is 0 Å². The Labute approximate surface area is 114 Å². The molecular formula is C13H20N2O3S. The Kier molecular flexibility index (Phi) is 4.25. The molecule has 1 aliphatic carbocycles. The molecule has 19 heavy (non-hydrogen) atoms. The van der Waals surface area contributed by atoms with Crippen LogP contribution in [0.2, 0.25) is 0 Å². The zero-order chi connectivity index (χ0) is 13.9. The Morgan fingerprint density at radius 1 is 1.37 bits per heavy atom. The number of sulfonamides is 1. The molecule has 0 spiro atoms. The molecule has 0 saturated heterocycles. The van der Waals surface area contributed by atoms with Gasteiger partial charge in [-0.1, -0.05) is 18.2 Å². The molecule has 0 amide bonds. The number of hydrogen-bond acceptors (Lipinski definition) is 4. The van der Waals surface area contributed by atoms with Gasteiger partial charge in [0.25, 0.3) is 0 Å². The van der Waals surface area contributed by atoms with E-state index in [2.05, 4.69) is 4.72 Å². The molecule has 2 rings (SSSR count). The molecule has 106 valence electrons. The third-order valence-electron chi connectivity index (χ3n) is 3.76. The van der Waals surface area contributed by atoms with E-state index >= 15 is 0 Å². The van der Waals surface area contributed by atoms with Gasteiger partial charge in [0.1, 0.15) is 0 Å². The van der Waals surface area contributed by atoms with Gasteiger partial charge in [0.15, 0.2) is 0 Å². The first-order chi connectivity index (χ1) is 9.03. The number of rotatable bonds is 6. The summed E-state index contributed by atoms with van der Waals surface area (Å²) in [5, 5.41) is 0. The van der Waals surface area contributed by atoms with E-state index in [1.165, 1.54) is 0 Å². The Bertz CT molecular complexity index is 533. The second kappa shape index (κ2) is 5.58. The van der Waals surface area contributed by atoms with Crippen molar-refractivity contribution in [3.8, 4) is 0 Å². The van der Waals surface area contributed by atoms with Gasteiger partial charge in [-0.15, -0.1) is 0 Å². The van der Waals surface area contributed by atoms with Crippen molar-refractivity contribution in [2.75, 3.05) is 13.7 Å². The fraction of sp³-hybridized carbons (Fsp3) is 0.538. The Morgan fingerprint density at radius 2 is 2.05 bits per heavy atom. The van der Waals surface area contributed by atoms with Crippen LogP contribution < -0.4 is 10.5 Å². The minimum absolute atomic E-state index is 0.201. The van der Waals surface area contributed by atoms with Gasteiger partial charge in [0.2, 0.25) is 10.0 Å². The first-order valence-corrected chi connectivity index (χ1v) is 7.84. The lowest BCUT2D eigenvalue weighted by molar-refractivity contribution is -0.0659. The average Bonchev–Trinajstić information content (AvgIpc) is 2.38. The van der Waals surface area contributed by atoms with Crippen molar-refractivity contribution in [2.45, 2.75) is 36.3 Å². The zero-order valence-electron chi connectivity index (χ0n) is 11.1. The van der Waals surface area contributed by atoms with Gasteiger partial charge in [-0.2, -0.15) is 0 Å². The van der Waals surface area contributed by atoms with Gasteiger partial charge in [-0.05, 0) is 30.9 Å². The van der Waals surface area contributed by atoms with Crippen LogP contribution in [0, 0.1) is 0 Å². The molecule has 0 aromatic heterocycles. The maximum absolute atomic E-state index is 12.3. The van der Waals surface area contributed by atoms with E-state index in [0.717, 1.165) is 19.3 Å². The van der Waals surface area contributed by atoms with Gasteiger partial charge in [-0.25, -0.2) is 13.1 Å². The maximum atomic E-state index is 12.3. The van der Waals surface area contributed by atoms with Gasteiger partial charge < -0.3 is 10.5 Å². The van der Waals surface area contributed by atoms with Crippen LogP contribution in [0.5, 0.6) is 0 Å². The monoisotopic (exact) mass is 284 g/mol. The summed E-state index contributed by atoms with van der Waals surface area (Å²) in [6, 6.07) is 6.78. The second-order valence-corrected chi connectivity index (χ2v) is 6.61. The predicted molar refractivity (Wildman–Crippen MR) is 73.1 cm³/mol. The summed E-state index contributed by atoms with van der Waals surface area (Å²) in [5.41, 5.74) is 5.87. The van der Waals surface area contributed by atoms with Gasteiger partial charge in [0, 0.05) is 20.2 Å². The number of nitrogens with two attached hydrogens (primary N) is 1. The fourth-order valence-electron chi connectivity index (χ4n) is 2.26. The van der Waals surface area contributed by atoms with Crippen molar-refractivity contribution < 1.29 is 13.2 Å². The minimum Gasteiger partial charge on any atom is -0.377 e. The first-order valence-electron chi connectivity index (χ1n) is 6.36. The molecule has 1 aliphatic rings.